The molecular weight excluding hydrogens is 174 g/mol. The van der Waals surface area contributed by atoms with Crippen molar-refractivity contribution >= 4 is 23.5 Å². The Bertz CT molecular complexity index is 119. The molecular formula is C8H15NS2. The Morgan fingerprint density at radius 3 is 2.18 bits per heavy atom. The molecule has 0 aromatic heterocycles. The van der Waals surface area contributed by atoms with Gasteiger partial charge in [0.05, 0.1) is 0 Å². The number of thioether (sulfide) groups is 2. The van der Waals surface area contributed by atoms with Crippen LogP contribution in [0.25, 0.3) is 0 Å². The molecule has 0 radical (unpaired) electrons. The Balaban J connectivity index is 1.67. The van der Waals surface area contributed by atoms with Crippen molar-refractivity contribution in [1.29, 1.82) is 0 Å². The molecule has 3 heteroatoms. The minimum atomic E-state index is 0.849. The molecule has 2 aliphatic heterocycles. The highest BCUT2D eigenvalue weighted by molar-refractivity contribution is 8.00. The highest BCUT2D eigenvalue weighted by atomic mass is 32.2. The molecule has 2 heterocycles. The Kier molecular flexibility index (Phi) is 3.05. The van der Waals surface area contributed by atoms with Crippen molar-refractivity contribution in [3.05, 3.63) is 0 Å². The van der Waals surface area contributed by atoms with E-state index < -0.39 is 0 Å². The molecule has 2 fully saturated rings. The molecule has 0 atom stereocenters. The van der Waals surface area contributed by atoms with Crippen LogP contribution in [0.5, 0.6) is 0 Å². The molecule has 0 aromatic carbocycles. The van der Waals surface area contributed by atoms with E-state index in [1.54, 1.807) is 0 Å². The number of nitrogens with one attached hydrogen (secondary N) is 1. The Labute approximate surface area is 77.1 Å². The van der Waals surface area contributed by atoms with Gasteiger partial charge in [-0.05, 0) is 24.3 Å². The van der Waals surface area contributed by atoms with Crippen molar-refractivity contribution in [3.8, 4) is 0 Å². The number of hydrogen-bond donors (Lipinski definition) is 1. The van der Waals surface area contributed by atoms with Crippen LogP contribution < -0.4 is 5.32 Å². The van der Waals surface area contributed by atoms with Gasteiger partial charge in [0, 0.05) is 23.6 Å². The third kappa shape index (κ3) is 2.30. The quantitative estimate of drug-likeness (QED) is 0.708. The lowest BCUT2D eigenvalue weighted by atomic mass is 10.1. The summed E-state index contributed by atoms with van der Waals surface area (Å²) in [6.45, 7) is 0. The van der Waals surface area contributed by atoms with Gasteiger partial charge in [0.1, 0.15) is 0 Å². The van der Waals surface area contributed by atoms with E-state index in [9.17, 15) is 0 Å². The Morgan fingerprint density at radius 1 is 0.909 bits per heavy atom. The SMILES string of the molecule is C1CC(NC2CSC2)CCS1. The predicted octanol–water partition coefficient (Wildman–Crippen LogP) is 1.59. The van der Waals surface area contributed by atoms with E-state index in [0.29, 0.717) is 0 Å². The van der Waals surface area contributed by atoms with Crippen molar-refractivity contribution < 1.29 is 0 Å². The lowest BCUT2D eigenvalue weighted by Crippen LogP contribution is -2.47. The summed E-state index contributed by atoms with van der Waals surface area (Å²) in [5, 5.41) is 3.72. The molecule has 2 aliphatic rings. The summed E-state index contributed by atoms with van der Waals surface area (Å²) in [5.41, 5.74) is 0. The minimum Gasteiger partial charge on any atom is -0.310 e. The second kappa shape index (κ2) is 4.06. The average Bonchev–Trinajstić information content (AvgIpc) is 1.99. The molecule has 0 unspecified atom stereocenters. The molecule has 1 N–H and O–H groups in total. The Hall–Kier alpha value is 0.660. The van der Waals surface area contributed by atoms with Crippen LogP contribution >= 0.6 is 23.5 Å². The molecule has 0 aliphatic carbocycles. The van der Waals surface area contributed by atoms with Crippen LogP contribution in [-0.4, -0.2) is 35.1 Å². The van der Waals surface area contributed by atoms with Crippen molar-refractivity contribution in [2.45, 2.75) is 24.9 Å². The summed E-state index contributed by atoms with van der Waals surface area (Å²) in [4.78, 5) is 0. The zero-order valence-electron chi connectivity index (χ0n) is 6.71. The third-order valence-corrected chi connectivity index (χ3v) is 4.66. The van der Waals surface area contributed by atoms with Crippen LogP contribution in [-0.2, 0) is 0 Å². The van der Waals surface area contributed by atoms with Crippen LogP contribution in [0.15, 0.2) is 0 Å². The normalized spacial score (nSPS) is 28.4. The van der Waals surface area contributed by atoms with E-state index in [4.69, 9.17) is 0 Å². The highest BCUT2D eigenvalue weighted by Crippen LogP contribution is 2.22. The van der Waals surface area contributed by atoms with Gasteiger partial charge in [-0.1, -0.05) is 0 Å². The molecule has 11 heavy (non-hydrogen) atoms. The van der Waals surface area contributed by atoms with E-state index in [-0.39, 0.29) is 0 Å². The van der Waals surface area contributed by atoms with E-state index >= 15 is 0 Å². The standard InChI is InChI=1S/C8H15NS2/c1-3-10-4-2-7(1)9-8-5-11-6-8/h7-9H,1-6H2. The molecule has 2 rings (SSSR count). The van der Waals surface area contributed by atoms with Gasteiger partial charge >= 0.3 is 0 Å². The maximum atomic E-state index is 3.72. The topological polar surface area (TPSA) is 12.0 Å². The fourth-order valence-electron chi connectivity index (χ4n) is 1.53. The number of rotatable bonds is 2. The van der Waals surface area contributed by atoms with Crippen LogP contribution in [0.1, 0.15) is 12.8 Å². The van der Waals surface area contributed by atoms with Gasteiger partial charge in [-0.25, -0.2) is 0 Å². The van der Waals surface area contributed by atoms with E-state index in [0.717, 1.165) is 12.1 Å². The van der Waals surface area contributed by atoms with Gasteiger partial charge in [-0.3, -0.25) is 0 Å². The molecule has 64 valence electrons. The second-order valence-corrected chi connectivity index (χ2v) is 5.59. The summed E-state index contributed by atoms with van der Waals surface area (Å²) in [6.07, 6.45) is 2.79. The van der Waals surface area contributed by atoms with Gasteiger partial charge < -0.3 is 5.32 Å². The highest BCUT2D eigenvalue weighted by Gasteiger charge is 2.22. The Morgan fingerprint density at radius 2 is 1.64 bits per heavy atom. The van der Waals surface area contributed by atoms with E-state index in [1.807, 2.05) is 0 Å². The van der Waals surface area contributed by atoms with Crippen LogP contribution in [0.3, 0.4) is 0 Å². The van der Waals surface area contributed by atoms with Crippen molar-refractivity contribution in [3.63, 3.8) is 0 Å². The zero-order chi connectivity index (χ0) is 7.52. The summed E-state index contributed by atoms with van der Waals surface area (Å²) in [6, 6.07) is 1.70. The van der Waals surface area contributed by atoms with Gasteiger partial charge in [0.2, 0.25) is 0 Å². The van der Waals surface area contributed by atoms with Crippen molar-refractivity contribution in [1.82, 2.24) is 5.32 Å². The van der Waals surface area contributed by atoms with E-state index in [1.165, 1.54) is 35.9 Å². The zero-order valence-corrected chi connectivity index (χ0v) is 8.35. The maximum Gasteiger partial charge on any atom is 0.0251 e. The molecule has 0 bridgehead atoms. The van der Waals surface area contributed by atoms with Crippen LogP contribution in [0, 0.1) is 0 Å². The maximum absolute atomic E-state index is 3.72. The van der Waals surface area contributed by atoms with E-state index in [2.05, 4.69) is 28.8 Å². The second-order valence-electron chi connectivity index (χ2n) is 3.29. The predicted molar refractivity (Wildman–Crippen MR) is 54.6 cm³/mol. The molecule has 0 amide bonds. The van der Waals surface area contributed by atoms with Crippen LogP contribution in [0.4, 0.5) is 0 Å². The molecule has 2 saturated heterocycles. The summed E-state index contributed by atoms with van der Waals surface area (Å²) < 4.78 is 0. The first-order valence-corrected chi connectivity index (χ1v) is 6.67. The average molecular weight is 189 g/mol. The molecule has 0 saturated carbocycles. The fourth-order valence-corrected chi connectivity index (χ4v) is 3.30. The van der Waals surface area contributed by atoms with Crippen LogP contribution in [0.2, 0.25) is 0 Å². The lowest BCUT2D eigenvalue weighted by molar-refractivity contribution is 0.438. The van der Waals surface area contributed by atoms with Gasteiger partial charge in [0.15, 0.2) is 0 Å². The first kappa shape index (κ1) is 8.27. The van der Waals surface area contributed by atoms with Gasteiger partial charge in [0.25, 0.3) is 0 Å². The smallest absolute Gasteiger partial charge is 0.0251 e. The van der Waals surface area contributed by atoms with Crippen molar-refractivity contribution in [2.75, 3.05) is 23.0 Å². The van der Waals surface area contributed by atoms with Crippen molar-refractivity contribution in [2.24, 2.45) is 0 Å². The molecule has 0 aromatic rings. The number of hydrogen-bond acceptors (Lipinski definition) is 3. The summed E-state index contributed by atoms with van der Waals surface area (Å²) >= 11 is 4.17. The van der Waals surface area contributed by atoms with Gasteiger partial charge in [-0.2, -0.15) is 23.5 Å². The largest absolute Gasteiger partial charge is 0.310 e. The molecule has 1 nitrogen and oxygen atoms in total. The lowest BCUT2D eigenvalue weighted by Gasteiger charge is -2.32. The van der Waals surface area contributed by atoms with Gasteiger partial charge in [-0.15, -0.1) is 0 Å². The summed E-state index contributed by atoms with van der Waals surface area (Å²) in [5.74, 6) is 5.45. The third-order valence-electron chi connectivity index (χ3n) is 2.33. The summed E-state index contributed by atoms with van der Waals surface area (Å²) in [7, 11) is 0. The first-order chi connectivity index (χ1) is 5.45. The molecule has 0 spiro atoms. The fraction of sp³-hybridized carbons (Fsp3) is 1.00. The monoisotopic (exact) mass is 189 g/mol. The minimum absolute atomic E-state index is 0.849. The first-order valence-electron chi connectivity index (χ1n) is 4.37.